The largest absolute Gasteiger partial charge is 0.207 e. The summed E-state index contributed by atoms with van der Waals surface area (Å²) in [7, 11) is -0.956. The van der Waals surface area contributed by atoms with Crippen LogP contribution in [0.4, 0.5) is 4.39 Å². The van der Waals surface area contributed by atoms with Crippen LogP contribution < -0.4 is 0 Å². The molecule has 0 spiro atoms. The molecule has 0 bridgehead atoms. The third-order valence-electron chi connectivity index (χ3n) is 4.90. The van der Waals surface area contributed by atoms with Gasteiger partial charge in [0.2, 0.25) is 0 Å². The molecule has 0 N–H and O–H groups in total. The van der Waals surface area contributed by atoms with Crippen LogP contribution in [0.1, 0.15) is 50.5 Å². The number of benzene rings is 1. The van der Waals surface area contributed by atoms with E-state index in [0.717, 1.165) is 0 Å². The van der Waals surface area contributed by atoms with Gasteiger partial charge >= 0.3 is 0 Å². The standard InChI is InChI=1S/C17H27FSi/c1-3-4-5-11-19(2)12-9-15(10-13-19)16-7-6-8-17(18)14-16/h6-8,14-15H,3-5,9-13H2,1-2H3. The van der Waals surface area contributed by atoms with Crippen LogP contribution in [0.5, 0.6) is 0 Å². The second-order valence-corrected chi connectivity index (χ2v) is 11.7. The second kappa shape index (κ2) is 6.69. The Hall–Kier alpha value is -0.633. The van der Waals surface area contributed by atoms with Gasteiger partial charge in [0.1, 0.15) is 5.82 Å². The van der Waals surface area contributed by atoms with E-state index in [1.54, 1.807) is 12.1 Å². The molecule has 1 aromatic carbocycles. The minimum absolute atomic E-state index is 0.0778. The Labute approximate surface area is 118 Å². The van der Waals surface area contributed by atoms with Crippen LogP contribution in [0.25, 0.3) is 0 Å². The van der Waals surface area contributed by atoms with Gasteiger partial charge < -0.3 is 0 Å². The molecule has 0 aliphatic carbocycles. The van der Waals surface area contributed by atoms with Crippen molar-refractivity contribution in [3.05, 3.63) is 35.6 Å². The molecule has 0 atom stereocenters. The van der Waals surface area contributed by atoms with Crippen molar-refractivity contribution in [3.8, 4) is 0 Å². The molecule has 1 aliphatic heterocycles. The van der Waals surface area contributed by atoms with Crippen molar-refractivity contribution >= 4 is 8.07 Å². The lowest BCUT2D eigenvalue weighted by molar-refractivity contribution is 0.581. The Kier molecular flexibility index (Phi) is 5.20. The van der Waals surface area contributed by atoms with Gasteiger partial charge in [0.25, 0.3) is 0 Å². The molecule has 1 fully saturated rings. The summed E-state index contributed by atoms with van der Waals surface area (Å²) < 4.78 is 13.3. The lowest BCUT2D eigenvalue weighted by Gasteiger charge is -2.36. The Bertz CT molecular complexity index is 394. The molecule has 1 aromatic rings. The van der Waals surface area contributed by atoms with Gasteiger partial charge in [-0.25, -0.2) is 4.39 Å². The Morgan fingerprint density at radius 2 is 1.95 bits per heavy atom. The molecule has 0 radical (unpaired) electrons. The maximum absolute atomic E-state index is 13.3. The molecule has 2 rings (SSSR count). The van der Waals surface area contributed by atoms with E-state index in [9.17, 15) is 4.39 Å². The molecule has 0 unspecified atom stereocenters. The fourth-order valence-corrected chi connectivity index (χ4v) is 7.40. The molecular formula is C17H27FSi. The highest BCUT2D eigenvalue weighted by molar-refractivity contribution is 6.78. The van der Waals surface area contributed by atoms with E-state index in [0.29, 0.717) is 5.92 Å². The van der Waals surface area contributed by atoms with Crippen molar-refractivity contribution in [3.63, 3.8) is 0 Å². The zero-order chi connectivity index (χ0) is 13.7. The fourth-order valence-electron chi connectivity index (χ4n) is 3.46. The predicted octanol–water partition coefficient (Wildman–Crippen LogP) is 5.97. The van der Waals surface area contributed by atoms with E-state index in [1.165, 1.54) is 55.8 Å². The Balaban J connectivity index is 1.88. The van der Waals surface area contributed by atoms with Gasteiger partial charge in [-0.2, -0.15) is 0 Å². The monoisotopic (exact) mass is 278 g/mol. The highest BCUT2D eigenvalue weighted by atomic mass is 28.3. The Morgan fingerprint density at radius 1 is 1.21 bits per heavy atom. The van der Waals surface area contributed by atoms with Crippen LogP contribution >= 0.6 is 0 Å². The van der Waals surface area contributed by atoms with Gasteiger partial charge in [0.15, 0.2) is 0 Å². The molecule has 1 heterocycles. The van der Waals surface area contributed by atoms with Gasteiger partial charge in [-0.3, -0.25) is 0 Å². The summed E-state index contributed by atoms with van der Waals surface area (Å²) in [5.41, 5.74) is 1.23. The van der Waals surface area contributed by atoms with Crippen LogP contribution in [0.2, 0.25) is 24.7 Å². The molecule has 19 heavy (non-hydrogen) atoms. The molecular weight excluding hydrogens is 251 g/mol. The van der Waals surface area contributed by atoms with Crippen molar-refractivity contribution in [2.45, 2.75) is 69.6 Å². The molecule has 0 amide bonds. The van der Waals surface area contributed by atoms with Gasteiger partial charge in [-0.1, -0.05) is 63.0 Å². The summed E-state index contributed by atoms with van der Waals surface area (Å²) in [6.07, 6.45) is 6.74. The van der Waals surface area contributed by atoms with E-state index in [2.05, 4.69) is 19.5 Å². The number of unbranched alkanes of at least 4 members (excludes halogenated alkanes) is 2. The Morgan fingerprint density at radius 3 is 2.58 bits per heavy atom. The molecule has 1 aliphatic rings. The average molecular weight is 278 g/mol. The number of hydrogen-bond acceptors (Lipinski definition) is 0. The lowest BCUT2D eigenvalue weighted by Crippen LogP contribution is -2.34. The summed E-state index contributed by atoms with van der Waals surface area (Å²) in [5, 5.41) is 0. The fraction of sp³-hybridized carbons (Fsp3) is 0.647. The molecule has 2 heteroatoms. The van der Waals surface area contributed by atoms with Crippen LogP contribution in [-0.4, -0.2) is 8.07 Å². The van der Waals surface area contributed by atoms with Crippen molar-refractivity contribution in [2.24, 2.45) is 0 Å². The first-order chi connectivity index (χ1) is 9.13. The third-order valence-corrected chi connectivity index (χ3v) is 9.45. The zero-order valence-corrected chi connectivity index (χ0v) is 13.4. The van der Waals surface area contributed by atoms with Crippen LogP contribution in [0.3, 0.4) is 0 Å². The second-order valence-electron chi connectivity index (χ2n) is 6.60. The summed E-state index contributed by atoms with van der Waals surface area (Å²) in [5.74, 6) is 0.536. The minimum atomic E-state index is -0.956. The smallest absolute Gasteiger partial charge is 0.123 e. The third kappa shape index (κ3) is 4.17. The molecule has 0 nitrogen and oxygen atoms in total. The first kappa shape index (κ1) is 14.8. The topological polar surface area (TPSA) is 0 Å². The van der Waals surface area contributed by atoms with E-state index in [4.69, 9.17) is 0 Å². The van der Waals surface area contributed by atoms with E-state index < -0.39 is 8.07 Å². The highest BCUT2D eigenvalue weighted by Gasteiger charge is 2.32. The summed E-state index contributed by atoms with van der Waals surface area (Å²) >= 11 is 0. The normalized spacial score (nSPS) is 27.4. The molecule has 1 saturated heterocycles. The molecule has 106 valence electrons. The maximum atomic E-state index is 13.3. The molecule has 0 saturated carbocycles. The first-order valence-corrected chi connectivity index (χ1v) is 11.0. The van der Waals surface area contributed by atoms with Gasteiger partial charge in [0, 0.05) is 0 Å². The number of halogens is 1. The number of rotatable bonds is 5. The van der Waals surface area contributed by atoms with Crippen LogP contribution in [-0.2, 0) is 0 Å². The van der Waals surface area contributed by atoms with Crippen molar-refractivity contribution < 1.29 is 4.39 Å². The van der Waals surface area contributed by atoms with Crippen molar-refractivity contribution in [1.82, 2.24) is 0 Å². The zero-order valence-electron chi connectivity index (χ0n) is 12.4. The minimum Gasteiger partial charge on any atom is -0.207 e. The van der Waals surface area contributed by atoms with Gasteiger partial charge in [-0.05, 0) is 36.5 Å². The lowest BCUT2D eigenvalue weighted by atomic mass is 9.93. The maximum Gasteiger partial charge on any atom is 0.123 e. The van der Waals surface area contributed by atoms with Crippen molar-refractivity contribution in [1.29, 1.82) is 0 Å². The summed E-state index contributed by atoms with van der Waals surface area (Å²) in [4.78, 5) is 0. The van der Waals surface area contributed by atoms with E-state index in [-0.39, 0.29) is 5.82 Å². The van der Waals surface area contributed by atoms with Crippen LogP contribution in [0.15, 0.2) is 24.3 Å². The van der Waals surface area contributed by atoms with E-state index in [1.807, 2.05) is 6.07 Å². The average Bonchev–Trinajstić information content (AvgIpc) is 2.40. The van der Waals surface area contributed by atoms with Crippen molar-refractivity contribution in [2.75, 3.05) is 0 Å². The number of hydrogen-bond donors (Lipinski definition) is 0. The van der Waals surface area contributed by atoms with E-state index >= 15 is 0 Å². The quantitative estimate of drug-likeness (QED) is 0.459. The van der Waals surface area contributed by atoms with Crippen LogP contribution in [0, 0.1) is 5.82 Å². The molecule has 0 aromatic heterocycles. The highest BCUT2D eigenvalue weighted by Crippen LogP contribution is 2.40. The first-order valence-electron chi connectivity index (χ1n) is 7.88. The van der Waals surface area contributed by atoms with Gasteiger partial charge in [0.05, 0.1) is 8.07 Å². The van der Waals surface area contributed by atoms with Gasteiger partial charge in [-0.15, -0.1) is 0 Å². The predicted molar refractivity (Wildman–Crippen MR) is 83.9 cm³/mol. The SMILES string of the molecule is CCCCC[Si]1(C)CCC(c2cccc(F)c2)CC1. The summed E-state index contributed by atoms with van der Waals surface area (Å²) in [6.45, 7) is 4.87. The summed E-state index contributed by atoms with van der Waals surface area (Å²) in [6, 6.07) is 11.7.